The van der Waals surface area contributed by atoms with E-state index in [1.807, 2.05) is 42.5 Å². The molecule has 1 aliphatic carbocycles. The fourth-order valence-corrected chi connectivity index (χ4v) is 5.35. The first-order valence-electron chi connectivity index (χ1n) is 14.1. The number of aryl methyl sites for hydroxylation is 1. The molecule has 218 valence electrons. The standard InChI is InChI=1S/C33H40N2O6/c1-38-27-17-15-26(16-18-27)35(31(36)20-13-23-9-8-12-28(21-23)39-2)32(33(37)34-25-10-6-5-7-11-25)24-14-19-29(40-3)30(22-24)41-4/h8-9,12,14-19,21-22,25,32H,5-7,10-11,13,20H2,1-4H3,(H,34,37). The Balaban J connectivity index is 1.75. The van der Waals surface area contributed by atoms with E-state index in [2.05, 4.69) is 5.32 Å². The van der Waals surface area contributed by atoms with E-state index in [0.29, 0.717) is 34.9 Å². The Morgan fingerprint density at radius 2 is 1.51 bits per heavy atom. The molecule has 2 amide bonds. The minimum absolute atomic E-state index is 0.0727. The van der Waals surface area contributed by atoms with E-state index < -0.39 is 6.04 Å². The molecule has 1 N–H and O–H groups in total. The van der Waals surface area contributed by atoms with Crippen molar-refractivity contribution in [1.29, 1.82) is 0 Å². The van der Waals surface area contributed by atoms with Crippen molar-refractivity contribution in [3.8, 4) is 23.0 Å². The van der Waals surface area contributed by atoms with Crippen molar-refractivity contribution in [2.45, 2.75) is 57.0 Å². The van der Waals surface area contributed by atoms with Crippen LogP contribution in [0.5, 0.6) is 23.0 Å². The van der Waals surface area contributed by atoms with Gasteiger partial charge in [0.25, 0.3) is 0 Å². The summed E-state index contributed by atoms with van der Waals surface area (Å²) >= 11 is 0. The van der Waals surface area contributed by atoms with E-state index in [1.165, 1.54) is 6.42 Å². The van der Waals surface area contributed by atoms with Gasteiger partial charge in [0.2, 0.25) is 11.8 Å². The molecule has 3 aromatic rings. The molecule has 1 unspecified atom stereocenters. The molecule has 0 saturated heterocycles. The van der Waals surface area contributed by atoms with E-state index in [0.717, 1.165) is 37.0 Å². The van der Waals surface area contributed by atoms with Crippen LogP contribution in [0.2, 0.25) is 0 Å². The van der Waals surface area contributed by atoms with Crippen LogP contribution in [0.15, 0.2) is 66.7 Å². The molecule has 1 atom stereocenters. The molecule has 8 heteroatoms. The minimum Gasteiger partial charge on any atom is -0.497 e. The number of ether oxygens (including phenoxy) is 4. The van der Waals surface area contributed by atoms with Gasteiger partial charge in [-0.1, -0.05) is 37.5 Å². The normalized spacial score (nSPS) is 14.0. The second-order valence-electron chi connectivity index (χ2n) is 10.2. The summed E-state index contributed by atoms with van der Waals surface area (Å²) in [5.41, 5.74) is 2.20. The lowest BCUT2D eigenvalue weighted by Crippen LogP contribution is -2.47. The summed E-state index contributed by atoms with van der Waals surface area (Å²) in [6.45, 7) is 0. The predicted molar refractivity (Wildman–Crippen MR) is 159 cm³/mol. The summed E-state index contributed by atoms with van der Waals surface area (Å²) in [5, 5.41) is 3.25. The molecule has 8 nitrogen and oxygen atoms in total. The van der Waals surface area contributed by atoms with Gasteiger partial charge in [-0.2, -0.15) is 0 Å². The van der Waals surface area contributed by atoms with Gasteiger partial charge in [-0.25, -0.2) is 0 Å². The second-order valence-corrected chi connectivity index (χ2v) is 10.2. The van der Waals surface area contributed by atoms with Gasteiger partial charge in [-0.05, 0) is 78.9 Å². The van der Waals surface area contributed by atoms with Gasteiger partial charge >= 0.3 is 0 Å². The van der Waals surface area contributed by atoms with Crippen molar-refractivity contribution in [2.75, 3.05) is 33.3 Å². The molecule has 0 aromatic heterocycles. The van der Waals surface area contributed by atoms with Gasteiger partial charge < -0.3 is 24.3 Å². The second kappa shape index (κ2) is 14.4. The number of methoxy groups -OCH3 is 4. The van der Waals surface area contributed by atoms with E-state index in [4.69, 9.17) is 18.9 Å². The molecule has 4 rings (SSSR count). The number of carbonyl (C=O) groups is 2. The number of rotatable bonds is 12. The summed E-state index contributed by atoms with van der Waals surface area (Å²) in [6.07, 6.45) is 5.87. The topological polar surface area (TPSA) is 86.3 Å². The number of hydrogen-bond donors (Lipinski definition) is 1. The highest BCUT2D eigenvalue weighted by atomic mass is 16.5. The number of benzene rings is 3. The highest BCUT2D eigenvalue weighted by molar-refractivity contribution is 6.01. The van der Waals surface area contributed by atoms with Crippen molar-refractivity contribution in [3.05, 3.63) is 77.9 Å². The summed E-state index contributed by atoms with van der Waals surface area (Å²) in [6, 6.07) is 19.4. The first kappa shape index (κ1) is 29.8. The number of amides is 2. The van der Waals surface area contributed by atoms with Crippen LogP contribution in [0.1, 0.15) is 55.7 Å². The largest absolute Gasteiger partial charge is 0.497 e. The third kappa shape index (κ3) is 7.51. The van der Waals surface area contributed by atoms with E-state index in [1.54, 1.807) is 57.6 Å². The molecule has 41 heavy (non-hydrogen) atoms. The van der Waals surface area contributed by atoms with Crippen LogP contribution in [-0.4, -0.2) is 46.3 Å². The maximum Gasteiger partial charge on any atom is 0.248 e. The molecule has 0 aliphatic heterocycles. The Labute approximate surface area is 242 Å². The Kier molecular flexibility index (Phi) is 10.5. The van der Waals surface area contributed by atoms with Crippen LogP contribution < -0.4 is 29.2 Å². The highest BCUT2D eigenvalue weighted by Crippen LogP contribution is 2.36. The molecule has 0 bridgehead atoms. The number of anilines is 1. The van der Waals surface area contributed by atoms with E-state index >= 15 is 0 Å². The van der Waals surface area contributed by atoms with Gasteiger partial charge in [0, 0.05) is 18.2 Å². The van der Waals surface area contributed by atoms with Crippen molar-refractivity contribution < 1.29 is 28.5 Å². The Morgan fingerprint density at radius 1 is 0.805 bits per heavy atom. The van der Waals surface area contributed by atoms with Crippen LogP contribution >= 0.6 is 0 Å². The fraction of sp³-hybridized carbons (Fsp3) is 0.394. The van der Waals surface area contributed by atoms with Crippen LogP contribution in [0.3, 0.4) is 0 Å². The van der Waals surface area contributed by atoms with Crippen LogP contribution in [-0.2, 0) is 16.0 Å². The average Bonchev–Trinajstić information content (AvgIpc) is 3.02. The minimum atomic E-state index is -0.928. The third-order valence-electron chi connectivity index (χ3n) is 7.56. The monoisotopic (exact) mass is 560 g/mol. The lowest BCUT2D eigenvalue weighted by Gasteiger charge is -2.34. The van der Waals surface area contributed by atoms with E-state index in [9.17, 15) is 9.59 Å². The average molecular weight is 561 g/mol. The lowest BCUT2D eigenvalue weighted by atomic mass is 9.94. The van der Waals surface area contributed by atoms with Gasteiger partial charge in [0.15, 0.2) is 11.5 Å². The molecule has 0 spiro atoms. The zero-order valence-electron chi connectivity index (χ0n) is 24.4. The zero-order valence-corrected chi connectivity index (χ0v) is 24.4. The molecular weight excluding hydrogens is 520 g/mol. The Bertz CT molecular complexity index is 1300. The number of nitrogens with zero attached hydrogens (tertiary/aromatic N) is 1. The number of hydrogen-bond acceptors (Lipinski definition) is 6. The van der Waals surface area contributed by atoms with Gasteiger partial charge in [-0.3, -0.25) is 14.5 Å². The Morgan fingerprint density at radius 3 is 2.17 bits per heavy atom. The summed E-state index contributed by atoms with van der Waals surface area (Å²) in [4.78, 5) is 29.9. The predicted octanol–water partition coefficient (Wildman–Crippen LogP) is 5.88. The van der Waals surface area contributed by atoms with Crippen LogP contribution in [0.4, 0.5) is 5.69 Å². The molecule has 1 aliphatic rings. The molecule has 0 heterocycles. The molecular formula is C33H40N2O6. The fourth-order valence-electron chi connectivity index (χ4n) is 5.35. The third-order valence-corrected chi connectivity index (χ3v) is 7.56. The Hall–Kier alpha value is -4.20. The van der Waals surface area contributed by atoms with Gasteiger partial charge in [-0.15, -0.1) is 0 Å². The van der Waals surface area contributed by atoms with Crippen molar-refractivity contribution in [3.63, 3.8) is 0 Å². The number of carbonyl (C=O) groups excluding carboxylic acids is 2. The summed E-state index contributed by atoms with van der Waals surface area (Å²) in [5.74, 6) is 2.01. The molecule has 1 saturated carbocycles. The maximum atomic E-state index is 14.1. The smallest absolute Gasteiger partial charge is 0.248 e. The first-order valence-corrected chi connectivity index (χ1v) is 14.1. The van der Waals surface area contributed by atoms with Crippen LogP contribution in [0.25, 0.3) is 0 Å². The lowest BCUT2D eigenvalue weighted by molar-refractivity contribution is -0.127. The molecule has 0 radical (unpaired) electrons. The quantitative estimate of drug-likeness (QED) is 0.298. The van der Waals surface area contributed by atoms with Crippen molar-refractivity contribution in [1.82, 2.24) is 5.32 Å². The van der Waals surface area contributed by atoms with Gasteiger partial charge in [0.1, 0.15) is 17.5 Å². The van der Waals surface area contributed by atoms with Crippen molar-refractivity contribution in [2.24, 2.45) is 0 Å². The van der Waals surface area contributed by atoms with Crippen LogP contribution in [0, 0.1) is 0 Å². The summed E-state index contributed by atoms with van der Waals surface area (Å²) < 4.78 is 21.7. The van der Waals surface area contributed by atoms with Gasteiger partial charge in [0.05, 0.1) is 28.4 Å². The van der Waals surface area contributed by atoms with E-state index in [-0.39, 0.29) is 24.3 Å². The van der Waals surface area contributed by atoms with Crippen molar-refractivity contribution >= 4 is 17.5 Å². The number of nitrogens with one attached hydrogen (secondary N) is 1. The maximum absolute atomic E-state index is 14.1. The SMILES string of the molecule is COc1ccc(N(C(=O)CCc2cccc(OC)c2)C(C(=O)NC2CCCCC2)c2ccc(OC)c(OC)c2)cc1. The first-order chi connectivity index (χ1) is 20.0. The zero-order chi connectivity index (χ0) is 29.2. The molecule has 1 fully saturated rings. The molecule has 3 aromatic carbocycles. The summed E-state index contributed by atoms with van der Waals surface area (Å²) in [7, 11) is 6.33. The highest BCUT2D eigenvalue weighted by Gasteiger charge is 2.34.